The van der Waals surface area contributed by atoms with E-state index < -0.39 is 0 Å². The number of halogens is 1. The lowest BCUT2D eigenvalue weighted by Gasteiger charge is -2.29. The highest BCUT2D eigenvalue weighted by Gasteiger charge is 2.23. The van der Waals surface area contributed by atoms with Gasteiger partial charge in [0, 0.05) is 24.0 Å². The summed E-state index contributed by atoms with van der Waals surface area (Å²) in [5, 5.41) is 8.12. The Hall–Kier alpha value is -0.540. The van der Waals surface area contributed by atoms with Gasteiger partial charge in [0.1, 0.15) is 0 Å². The van der Waals surface area contributed by atoms with Crippen molar-refractivity contribution in [2.45, 2.75) is 65.0 Å². The van der Waals surface area contributed by atoms with E-state index >= 15 is 0 Å². The van der Waals surface area contributed by atoms with E-state index in [4.69, 9.17) is 11.6 Å². The van der Waals surface area contributed by atoms with Crippen molar-refractivity contribution in [3.05, 3.63) is 17.5 Å². The van der Waals surface area contributed by atoms with Crippen LogP contribution in [-0.4, -0.2) is 20.7 Å². The first kappa shape index (κ1) is 14.5. The van der Waals surface area contributed by atoms with Gasteiger partial charge in [-0.1, -0.05) is 6.92 Å². The first-order chi connectivity index (χ1) is 7.90. The molecule has 0 amide bonds. The second-order valence-corrected chi connectivity index (χ2v) is 5.64. The van der Waals surface area contributed by atoms with E-state index in [1.807, 2.05) is 6.92 Å². The van der Waals surface area contributed by atoms with Gasteiger partial charge >= 0.3 is 0 Å². The number of hydrogen-bond acceptors (Lipinski definition) is 2. The molecule has 1 atom stereocenters. The maximum absolute atomic E-state index is 6.16. The van der Waals surface area contributed by atoms with Crippen molar-refractivity contribution in [3.8, 4) is 0 Å². The second-order valence-electron chi connectivity index (χ2n) is 4.99. The van der Waals surface area contributed by atoms with Gasteiger partial charge < -0.3 is 5.32 Å². The van der Waals surface area contributed by atoms with E-state index in [0.717, 1.165) is 25.2 Å². The van der Waals surface area contributed by atoms with Gasteiger partial charge in [0.25, 0.3) is 0 Å². The van der Waals surface area contributed by atoms with Gasteiger partial charge in [-0.15, -0.1) is 11.6 Å². The summed E-state index contributed by atoms with van der Waals surface area (Å²) in [6.07, 6.45) is 0.981. The molecule has 1 aromatic rings. The third kappa shape index (κ3) is 3.71. The van der Waals surface area contributed by atoms with Crippen LogP contribution in [0.1, 0.15) is 46.0 Å². The first-order valence-corrected chi connectivity index (χ1v) is 6.79. The molecule has 0 radical (unpaired) electrons. The molecule has 0 aliphatic rings. The Labute approximate surface area is 110 Å². The quantitative estimate of drug-likeness (QED) is 0.794. The number of nitrogens with zero attached hydrogens (tertiary/aromatic N) is 2. The zero-order valence-electron chi connectivity index (χ0n) is 11.5. The molecule has 1 unspecified atom stereocenters. The van der Waals surface area contributed by atoms with Crippen molar-refractivity contribution in [1.82, 2.24) is 15.1 Å². The largest absolute Gasteiger partial charge is 0.305 e. The minimum atomic E-state index is -0.0726. The number of rotatable bonds is 6. The Kier molecular flexibility index (Phi) is 5.02. The van der Waals surface area contributed by atoms with Crippen LogP contribution >= 0.6 is 11.6 Å². The van der Waals surface area contributed by atoms with Gasteiger partial charge in [-0.3, -0.25) is 4.68 Å². The summed E-state index contributed by atoms with van der Waals surface area (Å²) in [6, 6.07) is 2.17. The molecule has 1 rings (SSSR count). The average Bonchev–Trinajstić information content (AvgIpc) is 2.68. The molecule has 0 aliphatic heterocycles. The highest BCUT2D eigenvalue weighted by molar-refractivity contribution is 6.21. The van der Waals surface area contributed by atoms with Gasteiger partial charge in [0.05, 0.1) is 11.4 Å². The van der Waals surface area contributed by atoms with Crippen molar-refractivity contribution >= 4 is 11.6 Å². The summed E-state index contributed by atoms with van der Waals surface area (Å²) in [4.78, 5) is 0. The standard InChI is InChI=1S/C13H24ClN3/c1-6-11-8-12(17(7-2)16-11)9-15-13(4,5)10(3)14/h8,10,15H,6-7,9H2,1-5H3. The summed E-state index contributed by atoms with van der Waals surface area (Å²) in [5.41, 5.74) is 2.31. The third-order valence-corrected chi connectivity index (χ3v) is 3.84. The Morgan fingerprint density at radius 3 is 2.59 bits per heavy atom. The molecule has 0 saturated heterocycles. The van der Waals surface area contributed by atoms with Crippen LogP contribution in [0.5, 0.6) is 0 Å². The summed E-state index contributed by atoms with van der Waals surface area (Å²) >= 11 is 6.16. The predicted octanol–water partition coefficient (Wildman–Crippen LogP) is 2.96. The van der Waals surface area contributed by atoms with Crippen molar-refractivity contribution in [3.63, 3.8) is 0 Å². The summed E-state index contributed by atoms with van der Waals surface area (Å²) in [6.45, 7) is 12.2. The zero-order chi connectivity index (χ0) is 13.1. The number of hydrogen-bond donors (Lipinski definition) is 1. The van der Waals surface area contributed by atoms with Crippen LogP contribution in [0.25, 0.3) is 0 Å². The van der Waals surface area contributed by atoms with Crippen LogP contribution in [0, 0.1) is 0 Å². The van der Waals surface area contributed by atoms with E-state index in [2.05, 4.69) is 48.9 Å². The fourth-order valence-electron chi connectivity index (χ4n) is 1.56. The Balaban J connectivity index is 2.71. The van der Waals surface area contributed by atoms with Crippen molar-refractivity contribution < 1.29 is 0 Å². The first-order valence-electron chi connectivity index (χ1n) is 6.35. The molecule has 1 heterocycles. The van der Waals surface area contributed by atoms with Crippen LogP contribution in [0.4, 0.5) is 0 Å². The van der Waals surface area contributed by atoms with E-state index in [9.17, 15) is 0 Å². The number of aryl methyl sites for hydroxylation is 2. The number of nitrogens with one attached hydrogen (secondary N) is 1. The highest BCUT2D eigenvalue weighted by Crippen LogP contribution is 2.16. The van der Waals surface area contributed by atoms with Gasteiger partial charge in [-0.05, 0) is 40.2 Å². The van der Waals surface area contributed by atoms with Crippen LogP contribution < -0.4 is 5.32 Å². The molecule has 0 saturated carbocycles. The average molecular weight is 258 g/mol. The lowest BCUT2D eigenvalue weighted by molar-refractivity contribution is 0.372. The summed E-state index contributed by atoms with van der Waals surface area (Å²) < 4.78 is 2.06. The smallest absolute Gasteiger partial charge is 0.0625 e. The van der Waals surface area contributed by atoms with Crippen LogP contribution in [0.3, 0.4) is 0 Å². The molecule has 0 aromatic carbocycles. The van der Waals surface area contributed by atoms with Gasteiger partial charge in [-0.25, -0.2) is 0 Å². The van der Waals surface area contributed by atoms with Crippen molar-refractivity contribution in [1.29, 1.82) is 0 Å². The molecule has 3 nitrogen and oxygen atoms in total. The third-order valence-electron chi connectivity index (χ3n) is 3.30. The molecule has 0 aliphatic carbocycles. The summed E-state index contributed by atoms with van der Waals surface area (Å²) in [5.74, 6) is 0. The van der Waals surface area contributed by atoms with E-state index in [1.165, 1.54) is 5.69 Å². The summed E-state index contributed by atoms with van der Waals surface area (Å²) in [7, 11) is 0. The fraction of sp³-hybridized carbons (Fsp3) is 0.769. The molecule has 17 heavy (non-hydrogen) atoms. The van der Waals surface area contributed by atoms with Crippen LogP contribution in [0.2, 0.25) is 0 Å². The van der Waals surface area contributed by atoms with E-state index in [-0.39, 0.29) is 10.9 Å². The molecule has 0 spiro atoms. The van der Waals surface area contributed by atoms with Crippen molar-refractivity contribution in [2.75, 3.05) is 0 Å². The molecule has 0 bridgehead atoms. The van der Waals surface area contributed by atoms with Crippen LogP contribution in [-0.2, 0) is 19.5 Å². The molecule has 4 heteroatoms. The Bertz CT molecular complexity index is 356. The molecular formula is C13H24ClN3. The maximum Gasteiger partial charge on any atom is 0.0625 e. The Morgan fingerprint density at radius 1 is 1.47 bits per heavy atom. The van der Waals surface area contributed by atoms with Gasteiger partial charge in [-0.2, -0.15) is 5.10 Å². The van der Waals surface area contributed by atoms with Crippen molar-refractivity contribution in [2.24, 2.45) is 0 Å². The van der Waals surface area contributed by atoms with E-state index in [1.54, 1.807) is 0 Å². The monoisotopic (exact) mass is 257 g/mol. The molecular weight excluding hydrogens is 234 g/mol. The lowest BCUT2D eigenvalue weighted by Crippen LogP contribution is -2.45. The number of aromatic nitrogens is 2. The molecule has 1 aromatic heterocycles. The molecule has 1 N–H and O–H groups in total. The number of alkyl halides is 1. The minimum Gasteiger partial charge on any atom is -0.305 e. The fourth-order valence-corrected chi connectivity index (χ4v) is 1.64. The normalized spacial score (nSPS) is 14.0. The van der Waals surface area contributed by atoms with E-state index in [0.29, 0.717) is 0 Å². The topological polar surface area (TPSA) is 29.9 Å². The minimum absolute atomic E-state index is 0.0726. The van der Waals surface area contributed by atoms with Gasteiger partial charge in [0.15, 0.2) is 0 Å². The van der Waals surface area contributed by atoms with Gasteiger partial charge in [0.2, 0.25) is 0 Å². The predicted molar refractivity (Wildman–Crippen MR) is 73.5 cm³/mol. The van der Waals surface area contributed by atoms with Crippen LogP contribution in [0.15, 0.2) is 6.07 Å². The lowest BCUT2D eigenvalue weighted by atomic mass is 10.0. The second kappa shape index (κ2) is 5.87. The Morgan fingerprint density at radius 2 is 2.12 bits per heavy atom. The molecule has 98 valence electrons. The molecule has 0 fully saturated rings. The SMILES string of the molecule is CCc1cc(CNC(C)(C)C(C)Cl)n(CC)n1. The zero-order valence-corrected chi connectivity index (χ0v) is 12.3. The maximum atomic E-state index is 6.16. The highest BCUT2D eigenvalue weighted by atomic mass is 35.5.